The lowest BCUT2D eigenvalue weighted by Crippen LogP contribution is -2.26. The zero-order chi connectivity index (χ0) is 14.5. The third-order valence-corrected chi connectivity index (χ3v) is 4.51. The van der Waals surface area contributed by atoms with Crippen molar-refractivity contribution in [3.05, 3.63) is 29.3 Å². The maximum absolute atomic E-state index is 11.7. The third kappa shape index (κ3) is 3.53. The van der Waals surface area contributed by atoms with Gasteiger partial charge in [0.05, 0.1) is 0 Å². The van der Waals surface area contributed by atoms with Crippen molar-refractivity contribution in [2.45, 2.75) is 52.0 Å². The first-order chi connectivity index (χ1) is 9.63. The second-order valence-electron chi connectivity index (χ2n) is 5.88. The predicted octanol–water partition coefficient (Wildman–Crippen LogP) is 3.74. The van der Waals surface area contributed by atoms with E-state index in [2.05, 4.69) is 24.5 Å². The van der Waals surface area contributed by atoms with Gasteiger partial charge in [-0.25, -0.2) is 0 Å². The Hall–Kier alpha value is -1.51. The molecule has 3 nitrogen and oxygen atoms in total. The van der Waals surface area contributed by atoms with Crippen molar-refractivity contribution in [3.63, 3.8) is 0 Å². The molecule has 1 aliphatic rings. The lowest BCUT2D eigenvalue weighted by atomic mass is 9.84. The first-order valence-corrected chi connectivity index (χ1v) is 7.73. The Morgan fingerprint density at radius 2 is 1.95 bits per heavy atom. The van der Waals surface area contributed by atoms with E-state index in [1.165, 1.54) is 37.7 Å². The van der Waals surface area contributed by atoms with Crippen LogP contribution in [0.25, 0.3) is 0 Å². The molecule has 1 aromatic carbocycles. The summed E-state index contributed by atoms with van der Waals surface area (Å²) in [5.74, 6) is 0.883. The summed E-state index contributed by atoms with van der Waals surface area (Å²) >= 11 is 0. The van der Waals surface area contributed by atoms with Crippen molar-refractivity contribution in [2.24, 2.45) is 5.92 Å². The van der Waals surface area contributed by atoms with E-state index in [-0.39, 0.29) is 5.91 Å². The normalized spacial score (nSPS) is 22.4. The molecular formula is C17H26N2O. The van der Waals surface area contributed by atoms with Gasteiger partial charge in [0.2, 0.25) is 0 Å². The lowest BCUT2D eigenvalue weighted by molar-refractivity contribution is 0.0963. The van der Waals surface area contributed by atoms with Crippen molar-refractivity contribution in [3.8, 4) is 0 Å². The van der Waals surface area contributed by atoms with Gasteiger partial charge in [-0.05, 0) is 56.2 Å². The van der Waals surface area contributed by atoms with Crippen molar-refractivity contribution in [2.75, 3.05) is 12.4 Å². The minimum atomic E-state index is -0.0252. The van der Waals surface area contributed by atoms with Gasteiger partial charge in [-0.2, -0.15) is 0 Å². The summed E-state index contributed by atoms with van der Waals surface area (Å²) in [5, 5.41) is 6.31. The number of carbonyl (C=O) groups is 1. The molecule has 0 radical (unpaired) electrons. The molecular weight excluding hydrogens is 248 g/mol. The Bertz CT molecular complexity index is 462. The average Bonchev–Trinajstić information content (AvgIpc) is 2.49. The molecule has 0 aromatic heterocycles. The standard InChI is InChI=1S/C17H26N2O/c1-4-13-6-9-15(10-7-13)19-16-11-14(17(20)18-3)8-5-12(16)2/h5,8,11,13,15,19H,4,6-7,9-10H2,1-3H3,(H,18,20). The lowest BCUT2D eigenvalue weighted by Gasteiger charge is -2.29. The van der Waals surface area contributed by atoms with E-state index in [0.717, 1.165) is 17.2 Å². The van der Waals surface area contributed by atoms with Gasteiger partial charge in [0.15, 0.2) is 0 Å². The first kappa shape index (κ1) is 14.9. The summed E-state index contributed by atoms with van der Waals surface area (Å²) in [5.41, 5.74) is 3.03. The van der Waals surface area contributed by atoms with Gasteiger partial charge in [0, 0.05) is 24.3 Å². The second-order valence-corrected chi connectivity index (χ2v) is 5.88. The third-order valence-electron chi connectivity index (χ3n) is 4.51. The summed E-state index contributed by atoms with van der Waals surface area (Å²) in [7, 11) is 1.67. The van der Waals surface area contributed by atoms with Crippen LogP contribution in [0.4, 0.5) is 5.69 Å². The van der Waals surface area contributed by atoms with E-state index in [0.29, 0.717) is 6.04 Å². The van der Waals surface area contributed by atoms with Crippen LogP contribution in [0.5, 0.6) is 0 Å². The largest absolute Gasteiger partial charge is 0.382 e. The highest BCUT2D eigenvalue weighted by atomic mass is 16.1. The number of amides is 1. The van der Waals surface area contributed by atoms with Crippen molar-refractivity contribution < 1.29 is 4.79 Å². The van der Waals surface area contributed by atoms with Crippen LogP contribution in [0.3, 0.4) is 0 Å². The zero-order valence-corrected chi connectivity index (χ0v) is 12.8. The van der Waals surface area contributed by atoms with E-state index < -0.39 is 0 Å². The molecule has 0 atom stereocenters. The molecule has 1 aromatic rings. The minimum absolute atomic E-state index is 0.0252. The van der Waals surface area contributed by atoms with Crippen LogP contribution < -0.4 is 10.6 Å². The maximum atomic E-state index is 11.7. The van der Waals surface area contributed by atoms with Gasteiger partial charge in [-0.15, -0.1) is 0 Å². The van der Waals surface area contributed by atoms with Crippen LogP contribution in [-0.4, -0.2) is 19.0 Å². The minimum Gasteiger partial charge on any atom is -0.382 e. The Kier molecular flexibility index (Phi) is 5.05. The fourth-order valence-electron chi connectivity index (χ4n) is 3.00. The number of benzene rings is 1. The molecule has 0 saturated heterocycles. The highest BCUT2D eigenvalue weighted by Gasteiger charge is 2.20. The molecule has 0 unspecified atom stereocenters. The number of carbonyl (C=O) groups excluding carboxylic acids is 1. The maximum Gasteiger partial charge on any atom is 0.251 e. The molecule has 0 aliphatic heterocycles. The molecule has 0 heterocycles. The summed E-state index contributed by atoms with van der Waals surface area (Å²) in [6.45, 7) is 4.38. The van der Waals surface area contributed by atoms with Gasteiger partial charge >= 0.3 is 0 Å². The topological polar surface area (TPSA) is 41.1 Å². The van der Waals surface area contributed by atoms with Crippen molar-refractivity contribution in [1.29, 1.82) is 0 Å². The van der Waals surface area contributed by atoms with Crippen molar-refractivity contribution >= 4 is 11.6 Å². The van der Waals surface area contributed by atoms with Crippen LogP contribution in [0.2, 0.25) is 0 Å². The summed E-state index contributed by atoms with van der Waals surface area (Å²) in [6, 6.07) is 6.43. The van der Waals surface area contributed by atoms with E-state index in [9.17, 15) is 4.79 Å². The SMILES string of the molecule is CCC1CCC(Nc2cc(C(=O)NC)ccc2C)CC1. The summed E-state index contributed by atoms with van der Waals surface area (Å²) in [4.78, 5) is 11.7. The number of hydrogen-bond acceptors (Lipinski definition) is 2. The van der Waals surface area contributed by atoms with Gasteiger partial charge < -0.3 is 10.6 Å². The van der Waals surface area contributed by atoms with Crippen LogP contribution >= 0.6 is 0 Å². The Balaban J connectivity index is 2.03. The smallest absolute Gasteiger partial charge is 0.251 e. The number of hydrogen-bond donors (Lipinski definition) is 2. The second kappa shape index (κ2) is 6.78. The highest BCUT2D eigenvalue weighted by molar-refractivity contribution is 5.95. The number of rotatable bonds is 4. The van der Waals surface area contributed by atoms with Crippen LogP contribution in [-0.2, 0) is 0 Å². The van der Waals surface area contributed by atoms with E-state index in [1.807, 2.05) is 18.2 Å². The first-order valence-electron chi connectivity index (χ1n) is 7.73. The van der Waals surface area contributed by atoms with Gasteiger partial charge in [-0.3, -0.25) is 4.79 Å². The molecule has 3 heteroatoms. The average molecular weight is 274 g/mol. The molecule has 0 bridgehead atoms. The molecule has 20 heavy (non-hydrogen) atoms. The number of anilines is 1. The number of aryl methyl sites for hydroxylation is 1. The highest BCUT2D eigenvalue weighted by Crippen LogP contribution is 2.29. The van der Waals surface area contributed by atoms with Crippen molar-refractivity contribution in [1.82, 2.24) is 5.32 Å². The van der Waals surface area contributed by atoms with Crippen LogP contribution in [0.15, 0.2) is 18.2 Å². The molecule has 0 spiro atoms. The molecule has 1 saturated carbocycles. The van der Waals surface area contributed by atoms with Crippen LogP contribution in [0.1, 0.15) is 54.9 Å². The molecule has 110 valence electrons. The fraction of sp³-hybridized carbons (Fsp3) is 0.588. The molecule has 2 N–H and O–H groups in total. The number of nitrogens with one attached hydrogen (secondary N) is 2. The van der Waals surface area contributed by atoms with Gasteiger partial charge in [-0.1, -0.05) is 19.4 Å². The molecule has 1 aliphatic carbocycles. The van der Waals surface area contributed by atoms with E-state index in [4.69, 9.17) is 0 Å². The Morgan fingerprint density at radius 3 is 2.55 bits per heavy atom. The summed E-state index contributed by atoms with van der Waals surface area (Å²) < 4.78 is 0. The fourth-order valence-corrected chi connectivity index (χ4v) is 3.00. The Labute approximate surface area is 122 Å². The summed E-state index contributed by atoms with van der Waals surface area (Å²) in [6.07, 6.45) is 6.42. The van der Waals surface area contributed by atoms with Gasteiger partial charge in [0.25, 0.3) is 5.91 Å². The monoisotopic (exact) mass is 274 g/mol. The van der Waals surface area contributed by atoms with E-state index in [1.54, 1.807) is 7.05 Å². The predicted molar refractivity (Wildman–Crippen MR) is 84.2 cm³/mol. The Morgan fingerprint density at radius 1 is 1.25 bits per heavy atom. The molecule has 2 rings (SSSR count). The zero-order valence-electron chi connectivity index (χ0n) is 12.8. The molecule has 1 amide bonds. The molecule has 1 fully saturated rings. The van der Waals surface area contributed by atoms with E-state index >= 15 is 0 Å². The van der Waals surface area contributed by atoms with Gasteiger partial charge in [0.1, 0.15) is 0 Å². The van der Waals surface area contributed by atoms with Crippen LogP contribution in [0, 0.1) is 12.8 Å². The quantitative estimate of drug-likeness (QED) is 0.878.